The van der Waals surface area contributed by atoms with Gasteiger partial charge in [-0.1, -0.05) is 27.5 Å². The number of nitrogens with one attached hydrogen (secondary N) is 1. The summed E-state index contributed by atoms with van der Waals surface area (Å²) in [5, 5.41) is 3.34. The lowest BCUT2D eigenvalue weighted by molar-refractivity contribution is -0.122. The van der Waals surface area contributed by atoms with Crippen LogP contribution in [0, 0.1) is 0 Å². The number of amides is 1. The molecule has 6 nitrogen and oxygen atoms in total. The fraction of sp³-hybridized carbons (Fsp3) is 0.278. The third-order valence-corrected chi connectivity index (χ3v) is 6.80. The van der Waals surface area contributed by atoms with E-state index in [9.17, 15) is 13.2 Å². The van der Waals surface area contributed by atoms with Crippen LogP contribution < -0.4 is 10.1 Å². The van der Waals surface area contributed by atoms with Gasteiger partial charge in [0.15, 0.2) is 0 Å². The predicted octanol–water partition coefficient (Wildman–Crippen LogP) is 3.36. The number of hydrogen-bond acceptors (Lipinski definition) is 4. The van der Waals surface area contributed by atoms with Crippen molar-refractivity contribution in [2.75, 3.05) is 20.2 Å². The van der Waals surface area contributed by atoms with Crippen molar-refractivity contribution in [1.82, 2.24) is 9.62 Å². The van der Waals surface area contributed by atoms with Crippen LogP contribution in [0.1, 0.15) is 18.0 Å². The fourth-order valence-corrected chi connectivity index (χ4v) is 4.46. The summed E-state index contributed by atoms with van der Waals surface area (Å²) in [5.74, 6) is 0.338. The van der Waals surface area contributed by atoms with Crippen molar-refractivity contribution in [1.29, 1.82) is 0 Å². The number of carbonyl (C=O) groups excluding carboxylic acids is 1. The maximum absolute atomic E-state index is 12.6. The van der Waals surface area contributed by atoms with Crippen molar-refractivity contribution in [3.05, 3.63) is 57.5 Å². The second-order valence-corrected chi connectivity index (χ2v) is 9.55. The molecule has 0 aliphatic carbocycles. The molecular weight excluding hydrogens is 456 g/mol. The molecule has 1 amide bonds. The van der Waals surface area contributed by atoms with Crippen molar-refractivity contribution >= 4 is 43.5 Å². The lowest BCUT2D eigenvalue weighted by Crippen LogP contribution is -2.40. The number of nitrogens with zero attached hydrogens (tertiary/aromatic N) is 1. The highest BCUT2D eigenvalue weighted by Gasteiger charge is 2.27. The molecule has 27 heavy (non-hydrogen) atoms. The maximum atomic E-state index is 12.6. The Bertz CT molecular complexity index is 950. The lowest BCUT2D eigenvalue weighted by Gasteiger charge is -2.27. The average Bonchev–Trinajstić information content (AvgIpc) is 2.62. The van der Waals surface area contributed by atoms with E-state index in [-0.39, 0.29) is 23.4 Å². The van der Waals surface area contributed by atoms with Crippen molar-refractivity contribution in [2.45, 2.75) is 17.4 Å². The number of rotatable bonds is 5. The van der Waals surface area contributed by atoms with E-state index >= 15 is 0 Å². The minimum atomic E-state index is -3.78. The molecule has 1 atom stereocenters. The first-order valence-corrected chi connectivity index (χ1v) is 10.8. The zero-order valence-corrected chi connectivity index (χ0v) is 17.6. The Balaban J connectivity index is 1.69. The van der Waals surface area contributed by atoms with Crippen LogP contribution in [-0.2, 0) is 14.8 Å². The summed E-state index contributed by atoms with van der Waals surface area (Å²) in [4.78, 5) is 12.5. The number of halogens is 2. The molecule has 0 aromatic heterocycles. The zero-order chi connectivity index (χ0) is 19.6. The Hall–Kier alpha value is -1.61. The molecule has 0 saturated carbocycles. The number of likely N-dealkylation sites (N-methyl/N-ethyl adjacent to an activating group) is 1. The topological polar surface area (TPSA) is 75.7 Å². The third kappa shape index (κ3) is 4.63. The van der Waals surface area contributed by atoms with Gasteiger partial charge in [0.2, 0.25) is 15.9 Å². The van der Waals surface area contributed by atoms with Gasteiger partial charge in [-0.05, 0) is 42.5 Å². The van der Waals surface area contributed by atoms with Gasteiger partial charge in [-0.15, -0.1) is 0 Å². The lowest BCUT2D eigenvalue weighted by atomic mass is 10.0. The van der Waals surface area contributed by atoms with E-state index in [1.165, 1.54) is 31.3 Å². The van der Waals surface area contributed by atoms with Crippen LogP contribution in [0.25, 0.3) is 0 Å². The summed E-state index contributed by atoms with van der Waals surface area (Å²) in [6.45, 7) is 0.199. The van der Waals surface area contributed by atoms with Crippen LogP contribution in [0.2, 0.25) is 5.02 Å². The predicted molar refractivity (Wildman–Crippen MR) is 106 cm³/mol. The highest BCUT2D eigenvalue weighted by Crippen LogP contribution is 2.34. The summed E-state index contributed by atoms with van der Waals surface area (Å²) in [7, 11) is -2.40. The molecule has 3 rings (SSSR count). The normalized spacial score (nSPS) is 16.5. The number of benzene rings is 2. The molecule has 2 aromatic rings. The molecule has 0 radical (unpaired) electrons. The van der Waals surface area contributed by atoms with Gasteiger partial charge in [0, 0.05) is 28.5 Å². The minimum absolute atomic E-state index is 0.0857. The zero-order valence-electron chi connectivity index (χ0n) is 14.5. The summed E-state index contributed by atoms with van der Waals surface area (Å²) in [6, 6.07) is 11.2. The molecule has 144 valence electrons. The molecule has 1 aliphatic rings. The molecule has 1 aliphatic heterocycles. The van der Waals surface area contributed by atoms with E-state index < -0.39 is 10.0 Å². The second kappa shape index (κ2) is 8.18. The van der Waals surface area contributed by atoms with Gasteiger partial charge in [-0.25, -0.2) is 8.42 Å². The van der Waals surface area contributed by atoms with E-state index in [1.54, 1.807) is 0 Å². The Morgan fingerprint density at radius 3 is 2.70 bits per heavy atom. The molecule has 0 saturated heterocycles. The van der Waals surface area contributed by atoms with Crippen molar-refractivity contribution in [3.8, 4) is 5.75 Å². The number of fused-ring (bicyclic) bond motifs is 1. The molecule has 0 bridgehead atoms. The van der Waals surface area contributed by atoms with Crippen LogP contribution in [0.3, 0.4) is 0 Å². The first-order valence-electron chi connectivity index (χ1n) is 8.21. The van der Waals surface area contributed by atoms with Crippen LogP contribution in [-0.4, -0.2) is 38.8 Å². The first-order chi connectivity index (χ1) is 12.8. The standard InChI is InChI=1S/C18H18BrClN2O4S/c1-22(27(24,25)14-5-3-13(20)4-6-14)11-18(23)21-16-8-9-26-17-7-2-12(19)10-15(16)17/h2-7,10,16H,8-9,11H2,1H3,(H,21,23). The molecule has 1 N–H and O–H groups in total. The van der Waals surface area contributed by atoms with Gasteiger partial charge in [0.25, 0.3) is 0 Å². The number of ether oxygens (including phenoxy) is 1. The molecule has 0 spiro atoms. The van der Waals surface area contributed by atoms with E-state index in [2.05, 4.69) is 21.2 Å². The van der Waals surface area contributed by atoms with E-state index in [1.807, 2.05) is 18.2 Å². The highest BCUT2D eigenvalue weighted by molar-refractivity contribution is 9.10. The SMILES string of the molecule is CN(CC(=O)NC1CCOc2ccc(Br)cc21)S(=O)(=O)c1ccc(Cl)cc1. The summed E-state index contributed by atoms with van der Waals surface area (Å²) in [6.07, 6.45) is 0.614. The summed E-state index contributed by atoms with van der Waals surface area (Å²) >= 11 is 9.22. The maximum Gasteiger partial charge on any atom is 0.243 e. The fourth-order valence-electron chi connectivity index (χ4n) is 2.83. The average molecular weight is 474 g/mol. The molecule has 9 heteroatoms. The van der Waals surface area contributed by atoms with Crippen molar-refractivity contribution in [3.63, 3.8) is 0 Å². The van der Waals surface area contributed by atoms with Gasteiger partial charge in [0.05, 0.1) is 24.1 Å². The van der Waals surface area contributed by atoms with Crippen molar-refractivity contribution < 1.29 is 17.9 Å². The Morgan fingerprint density at radius 1 is 1.30 bits per heavy atom. The molecule has 1 unspecified atom stereocenters. The van der Waals surface area contributed by atoms with Gasteiger partial charge >= 0.3 is 0 Å². The van der Waals surface area contributed by atoms with Gasteiger partial charge in [0.1, 0.15) is 5.75 Å². The molecule has 2 aromatic carbocycles. The van der Waals surface area contributed by atoms with Crippen LogP contribution in [0.4, 0.5) is 0 Å². The van der Waals surface area contributed by atoms with Gasteiger partial charge < -0.3 is 10.1 Å². The Morgan fingerprint density at radius 2 is 2.00 bits per heavy atom. The van der Waals surface area contributed by atoms with Crippen molar-refractivity contribution in [2.24, 2.45) is 0 Å². The van der Waals surface area contributed by atoms with E-state index in [0.717, 1.165) is 20.1 Å². The quantitative estimate of drug-likeness (QED) is 0.722. The van der Waals surface area contributed by atoms with E-state index in [4.69, 9.17) is 16.3 Å². The number of carbonyl (C=O) groups is 1. The highest BCUT2D eigenvalue weighted by atomic mass is 79.9. The molecule has 1 heterocycles. The van der Waals surface area contributed by atoms with Crippen LogP contribution in [0.15, 0.2) is 51.8 Å². The van der Waals surface area contributed by atoms with Crippen LogP contribution in [0.5, 0.6) is 5.75 Å². The number of sulfonamides is 1. The Labute approximate surface area is 171 Å². The largest absolute Gasteiger partial charge is 0.493 e. The smallest absolute Gasteiger partial charge is 0.243 e. The Kier molecular flexibility index (Phi) is 6.10. The monoisotopic (exact) mass is 472 g/mol. The van der Waals surface area contributed by atoms with Crippen LogP contribution >= 0.6 is 27.5 Å². The first kappa shape index (κ1) is 20.1. The summed E-state index contributed by atoms with van der Waals surface area (Å²) in [5.41, 5.74) is 0.868. The summed E-state index contributed by atoms with van der Waals surface area (Å²) < 4.78 is 32.7. The second-order valence-electron chi connectivity index (χ2n) is 6.15. The molecule has 0 fully saturated rings. The number of hydrogen-bond donors (Lipinski definition) is 1. The molecular formula is C18H18BrClN2O4S. The van der Waals surface area contributed by atoms with Gasteiger partial charge in [-0.2, -0.15) is 4.31 Å². The minimum Gasteiger partial charge on any atom is -0.493 e. The van der Waals surface area contributed by atoms with E-state index in [0.29, 0.717) is 18.1 Å². The third-order valence-electron chi connectivity index (χ3n) is 4.23. The van der Waals surface area contributed by atoms with Gasteiger partial charge in [-0.3, -0.25) is 4.79 Å².